The summed E-state index contributed by atoms with van der Waals surface area (Å²) in [6, 6.07) is 1.78. The smallest absolute Gasteiger partial charge is 0.164 e. The van der Waals surface area contributed by atoms with Gasteiger partial charge in [0.05, 0.1) is 12.3 Å². The number of aromatic nitrogens is 1. The Morgan fingerprint density at radius 2 is 2.12 bits per heavy atom. The fourth-order valence-electron chi connectivity index (χ4n) is 1.59. The summed E-state index contributed by atoms with van der Waals surface area (Å²) >= 11 is 0. The van der Waals surface area contributed by atoms with E-state index in [9.17, 15) is 4.79 Å². The Hall–Kier alpha value is -1.38. The molecule has 0 radical (unpaired) electrons. The zero-order valence-corrected chi connectivity index (χ0v) is 10.9. The van der Waals surface area contributed by atoms with Gasteiger partial charge in [0.1, 0.15) is 5.75 Å². The first-order chi connectivity index (χ1) is 8.13. The third kappa shape index (κ3) is 4.98. The summed E-state index contributed by atoms with van der Waals surface area (Å²) in [5.74, 6) is 0.821. The second-order valence-corrected chi connectivity index (χ2v) is 4.46. The third-order valence-corrected chi connectivity index (χ3v) is 2.41. The molecule has 3 heteroatoms. The predicted octanol–water partition coefficient (Wildman–Crippen LogP) is 3.63. The van der Waals surface area contributed by atoms with Crippen molar-refractivity contribution in [2.45, 2.75) is 52.6 Å². The molecule has 0 saturated heterocycles. The van der Waals surface area contributed by atoms with Crippen molar-refractivity contribution in [2.75, 3.05) is 0 Å². The van der Waals surface area contributed by atoms with Crippen LogP contribution in [-0.2, 0) is 0 Å². The van der Waals surface area contributed by atoms with E-state index in [2.05, 4.69) is 11.9 Å². The molecule has 1 heterocycles. The summed E-state index contributed by atoms with van der Waals surface area (Å²) in [7, 11) is 0. The minimum absolute atomic E-state index is 0.0993. The number of Topliss-reactive ketones (excluding diaryl/α,β-unsaturated/α-hetero) is 1. The van der Waals surface area contributed by atoms with Gasteiger partial charge in [0.25, 0.3) is 0 Å². The molecule has 3 nitrogen and oxygen atoms in total. The lowest BCUT2D eigenvalue weighted by molar-refractivity contribution is 0.0978. The maximum atomic E-state index is 11.9. The number of rotatable bonds is 7. The molecule has 0 aromatic carbocycles. The van der Waals surface area contributed by atoms with Gasteiger partial charge in [-0.15, -0.1) is 0 Å². The summed E-state index contributed by atoms with van der Waals surface area (Å²) in [5, 5.41) is 0. The first kappa shape index (κ1) is 13.7. The van der Waals surface area contributed by atoms with Crippen molar-refractivity contribution in [1.82, 2.24) is 4.98 Å². The van der Waals surface area contributed by atoms with Crippen LogP contribution in [0.5, 0.6) is 5.75 Å². The molecule has 0 aliphatic heterocycles. The highest BCUT2D eigenvalue weighted by molar-refractivity contribution is 5.96. The van der Waals surface area contributed by atoms with Crippen LogP contribution in [0.2, 0.25) is 0 Å². The molecular formula is C14H21NO2. The van der Waals surface area contributed by atoms with Gasteiger partial charge < -0.3 is 4.74 Å². The van der Waals surface area contributed by atoms with Crippen molar-refractivity contribution in [3.05, 3.63) is 24.0 Å². The topological polar surface area (TPSA) is 39.2 Å². The molecule has 94 valence electrons. The van der Waals surface area contributed by atoms with Crippen LogP contribution >= 0.6 is 0 Å². The molecule has 0 saturated carbocycles. The molecule has 1 aromatic heterocycles. The molecule has 0 N–H and O–H groups in total. The summed E-state index contributed by atoms with van der Waals surface area (Å²) < 4.78 is 5.52. The molecule has 0 spiro atoms. The monoisotopic (exact) mass is 235 g/mol. The maximum absolute atomic E-state index is 11.9. The van der Waals surface area contributed by atoms with Crippen molar-refractivity contribution >= 4 is 5.78 Å². The van der Waals surface area contributed by atoms with Crippen LogP contribution in [0.3, 0.4) is 0 Å². The fraction of sp³-hybridized carbons (Fsp3) is 0.571. The van der Waals surface area contributed by atoms with E-state index in [0.29, 0.717) is 17.7 Å². The molecule has 0 unspecified atom stereocenters. The number of nitrogens with zero attached hydrogens (tertiary/aromatic N) is 1. The summed E-state index contributed by atoms with van der Waals surface area (Å²) in [6.07, 6.45) is 7.13. The highest BCUT2D eigenvalue weighted by Crippen LogP contribution is 2.15. The highest BCUT2D eigenvalue weighted by Gasteiger charge is 2.08. The summed E-state index contributed by atoms with van der Waals surface area (Å²) in [4.78, 5) is 15.9. The number of carbonyl (C=O) groups is 1. The van der Waals surface area contributed by atoms with Gasteiger partial charge >= 0.3 is 0 Å². The molecule has 0 fully saturated rings. The van der Waals surface area contributed by atoms with Gasteiger partial charge in [-0.25, -0.2) is 0 Å². The second kappa shape index (κ2) is 7.05. The minimum atomic E-state index is 0.0993. The number of hydrogen-bond acceptors (Lipinski definition) is 3. The molecule has 0 bridgehead atoms. The van der Waals surface area contributed by atoms with E-state index < -0.39 is 0 Å². The quantitative estimate of drug-likeness (QED) is 0.535. The maximum Gasteiger partial charge on any atom is 0.164 e. The average molecular weight is 235 g/mol. The Morgan fingerprint density at radius 1 is 1.35 bits per heavy atom. The normalized spacial score (nSPS) is 10.6. The second-order valence-electron chi connectivity index (χ2n) is 4.46. The predicted molar refractivity (Wildman–Crippen MR) is 68.5 cm³/mol. The number of unbranched alkanes of at least 4 members (excludes halogenated alkanes) is 2. The fourth-order valence-corrected chi connectivity index (χ4v) is 1.59. The number of hydrogen-bond donors (Lipinski definition) is 0. The van der Waals surface area contributed by atoms with Crippen LogP contribution < -0.4 is 4.74 Å². The number of ketones is 1. The SMILES string of the molecule is CCCCCC(=O)c1cncc(OC(C)C)c1. The lowest BCUT2D eigenvalue weighted by Crippen LogP contribution is -2.07. The van der Waals surface area contributed by atoms with Gasteiger partial charge in [0.2, 0.25) is 0 Å². The van der Waals surface area contributed by atoms with Gasteiger partial charge in [0.15, 0.2) is 5.78 Å². The van der Waals surface area contributed by atoms with Gasteiger partial charge in [-0.05, 0) is 26.3 Å². The first-order valence-electron chi connectivity index (χ1n) is 6.28. The zero-order valence-electron chi connectivity index (χ0n) is 10.9. The van der Waals surface area contributed by atoms with Crippen LogP contribution in [0, 0.1) is 0 Å². The van der Waals surface area contributed by atoms with Gasteiger partial charge in [0, 0.05) is 18.2 Å². The van der Waals surface area contributed by atoms with Crippen LogP contribution in [0.1, 0.15) is 56.8 Å². The Kier molecular flexibility index (Phi) is 5.67. The average Bonchev–Trinajstić information content (AvgIpc) is 2.28. The Labute approximate surface area is 103 Å². The van der Waals surface area contributed by atoms with Gasteiger partial charge in [-0.1, -0.05) is 19.8 Å². The molecule has 0 amide bonds. The molecule has 0 aliphatic carbocycles. The molecular weight excluding hydrogens is 214 g/mol. The number of pyridine rings is 1. The van der Waals surface area contributed by atoms with Crippen molar-refractivity contribution in [3.63, 3.8) is 0 Å². The van der Waals surface area contributed by atoms with Crippen molar-refractivity contribution < 1.29 is 9.53 Å². The van der Waals surface area contributed by atoms with E-state index in [1.165, 1.54) is 0 Å². The minimum Gasteiger partial charge on any atom is -0.489 e. The number of ether oxygens (including phenoxy) is 1. The zero-order chi connectivity index (χ0) is 12.7. The highest BCUT2D eigenvalue weighted by atomic mass is 16.5. The first-order valence-corrected chi connectivity index (χ1v) is 6.28. The van der Waals surface area contributed by atoms with Crippen LogP contribution in [0.15, 0.2) is 18.5 Å². The molecule has 1 aromatic rings. The largest absolute Gasteiger partial charge is 0.489 e. The van der Waals surface area contributed by atoms with Crippen molar-refractivity contribution in [3.8, 4) is 5.75 Å². The Balaban J connectivity index is 2.60. The third-order valence-electron chi connectivity index (χ3n) is 2.41. The summed E-state index contributed by atoms with van der Waals surface area (Å²) in [5.41, 5.74) is 0.652. The number of carbonyl (C=O) groups excluding carboxylic acids is 1. The van der Waals surface area contributed by atoms with Gasteiger partial charge in [-0.3, -0.25) is 9.78 Å². The molecule has 0 aliphatic rings. The van der Waals surface area contributed by atoms with E-state index in [4.69, 9.17) is 4.74 Å². The summed E-state index contributed by atoms with van der Waals surface area (Å²) in [6.45, 7) is 6.04. The van der Waals surface area contributed by atoms with E-state index in [1.807, 2.05) is 13.8 Å². The van der Waals surface area contributed by atoms with E-state index in [-0.39, 0.29) is 11.9 Å². The Morgan fingerprint density at radius 3 is 2.76 bits per heavy atom. The van der Waals surface area contributed by atoms with Gasteiger partial charge in [-0.2, -0.15) is 0 Å². The van der Waals surface area contributed by atoms with Crippen LogP contribution in [0.4, 0.5) is 0 Å². The van der Waals surface area contributed by atoms with E-state index in [0.717, 1.165) is 19.3 Å². The van der Waals surface area contributed by atoms with E-state index in [1.54, 1.807) is 18.5 Å². The van der Waals surface area contributed by atoms with Crippen LogP contribution in [-0.4, -0.2) is 16.9 Å². The standard InChI is InChI=1S/C14H21NO2/c1-4-5-6-7-14(16)12-8-13(10-15-9-12)17-11(2)3/h8-11H,4-7H2,1-3H3. The van der Waals surface area contributed by atoms with Crippen molar-refractivity contribution in [2.24, 2.45) is 0 Å². The molecule has 1 rings (SSSR count). The molecule has 17 heavy (non-hydrogen) atoms. The lowest BCUT2D eigenvalue weighted by atomic mass is 10.1. The van der Waals surface area contributed by atoms with Crippen LogP contribution in [0.25, 0.3) is 0 Å². The van der Waals surface area contributed by atoms with Crippen molar-refractivity contribution in [1.29, 1.82) is 0 Å². The molecule has 0 atom stereocenters. The lowest BCUT2D eigenvalue weighted by Gasteiger charge is -2.09. The Bertz CT molecular complexity index is 361. The van der Waals surface area contributed by atoms with E-state index >= 15 is 0 Å².